The average molecular weight is 369 g/mol. The van der Waals surface area contributed by atoms with Crippen LogP contribution in [0.4, 0.5) is 10.1 Å². The van der Waals surface area contributed by atoms with Gasteiger partial charge in [0.25, 0.3) is 0 Å². The monoisotopic (exact) mass is 368 g/mol. The number of aromatic nitrogens is 1. The fourth-order valence-electron chi connectivity index (χ4n) is 2.00. The summed E-state index contributed by atoms with van der Waals surface area (Å²) in [6.07, 6.45) is 0. The summed E-state index contributed by atoms with van der Waals surface area (Å²) in [7, 11) is -4.10. The van der Waals surface area contributed by atoms with Crippen molar-refractivity contribution in [3.05, 3.63) is 53.3 Å². The van der Waals surface area contributed by atoms with Crippen molar-refractivity contribution in [2.75, 3.05) is 11.1 Å². The molecular weight excluding hydrogens is 359 g/mol. The molecule has 1 aromatic heterocycles. The molecule has 0 aliphatic rings. The molecule has 0 saturated heterocycles. The van der Waals surface area contributed by atoms with Gasteiger partial charge < -0.3 is 9.73 Å². The first-order valence-corrected chi connectivity index (χ1v) is 8.71. The Morgan fingerprint density at radius 1 is 1.25 bits per heavy atom. The van der Waals surface area contributed by atoms with E-state index in [-0.39, 0.29) is 10.7 Å². The van der Waals surface area contributed by atoms with Crippen molar-refractivity contribution in [2.24, 2.45) is 0 Å². The molecule has 0 saturated carbocycles. The Kier molecular flexibility index (Phi) is 4.25. The Morgan fingerprint density at radius 2 is 2.00 bits per heavy atom. The third-order valence-corrected chi connectivity index (χ3v) is 4.65. The van der Waals surface area contributed by atoms with Gasteiger partial charge in [0.15, 0.2) is 5.58 Å². The molecule has 1 amide bonds. The van der Waals surface area contributed by atoms with Gasteiger partial charge >= 0.3 is 5.22 Å². The van der Waals surface area contributed by atoms with E-state index in [9.17, 15) is 17.6 Å². The van der Waals surface area contributed by atoms with Crippen molar-refractivity contribution in [1.29, 1.82) is 0 Å². The highest BCUT2D eigenvalue weighted by Crippen LogP contribution is 2.21. The molecule has 2 aromatic carbocycles. The SMILES string of the molecule is O=C(CS(=O)(=O)c1nc2ccccc2o1)Nc1ccc(Cl)cc1F. The van der Waals surface area contributed by atoms with Crippen LogP contribution in [0, 0.1) is 5.82 Å². The third-order valence-electron chi connectivity index (χ3n) is 3.07. The van der Waals surface area contributed by atoms with E-state index in [1.165, 1.54) is 12.1 Å². The standard InChI is InChI=1S/C15H10ClFN2O4S/c16-9-5-6-11(10(17)7-9)18-14(20)8-24(21,22)15-19-12-3-1-2-4-13(12)23-15/h1-7H,8H2,(H,18,20). The van der Waals surface area contributed by atoms with Gasteiger partial charge in [0.1, 0.15) is 17.1 Å². The van der Waals surface area contributed by atoms with Crippen molar-refractivity contribution >= 4 is 44.1 Å². The van der Waals surface area contributed by atoms with Crippen molar-refractivity contribution in [1.82, 2.24) is 4.98 Å². The van der Waals surface area contributed by atoms with Gasteiger partial charge in [-0.05, 0) is 30.3 Å². The maximum atomic E-state index is 13.6. The van der Waals surface area contributed by atoms with Crippen LogP contribution in [0.2, 0.25) is 5.02 Å². The molecule has 0 aliphatic heterocycles. The van der Waals surface area contributed by atoms with Gasteiger partial charge in [0.2, 0.25) is 15.7 Å². The number of rotatable bonds is 4. The number of anilines is 1. The number of nitrogens with one attached hydrogen (secondary N) is 1. The smallest absolute Gasteiger partial charge is 0.316 e. The molecule has 6 nitrogen and oxygen atoms in total. The van der Waals surface area contributed by atoms with Gasteiger partial charge in [0, 0.05) is 5.02 Å². The van der Waals surface area contributed by atoms with Crippen molar-refractivity contribution in [2.45, 2.75) is 5.22 Å². The van der Waals surface area contributed by atoms with Crippen LogP contribution < -0.4 is 5.32 Å². The van der Waals surface area contributed by atoms with Crippen LogP contribution in [0.1, 0.15) is 0 Å². The number of sulfone groups is 1. The Bertz CT molecular complexity index is 1000. The van der Waals surface area contributed by atoms with Crippen LogP contribution in [-0.4, -0.2) is 25.1 Å². The molecule has 0 radical (unpaired) electrons. The fraction of sp³-hybridized carbons (Fsp3) is 0.0667. The predicted molar refractivity (Wildman–Crippen MR) is 86.1 cm³/mol. The zero-order valence-corrected chi connectivity index (χ0v) is 13.6. The number of fused-ring (bicyclic) bond motifs is 1. The van der Waals surface area contributed by atoms with Crippen LogP contribution in [0.15, 0.2) is 52.1 Å². The largest absolute Gasteiger partial charge is 0.428 e. The molecule has 3 aromatic rings. The molecule has 124 valence electrons. The average Bonchev–Trinajstić information content (AvgIpc) is 2.94. The first-order chi connectivity index (χ1) is 11.3. The minimum absolute atomic E-state index is 0.157. The lowest BCUT2D eigenvalue weighted by molar-refractivity contribution is -0.113. The maximum Gasteiger partial charge on any atom is 0.316 e. The Hall–Kier alpha value is -2.45. The lowest BCUT2D eigenvalue weighted by Crippen LogP contribution is -2.23. The Balaban J connectivity index is 1.79. The van der Waals surface area contributed by atoms with Gasteiger partial charge in [-0.3, -0.25) is 4.79 Å². The van der Waals surface area contributed by atoms with Crippen LogP contribution in [0.5, 0.6) is 0 Å². The molecule has 0 unspecified atom stereocenters. The molecule has 1 N–H and O–H groups in total. The zero-order valence-electron chi connectivity index (χ0n) is 12.0. The molecule has 0 fully saturated rings. The van der Waals surface area contributed by atoms with Crippen molar-refractivity contribution in [3.63, 3.8) is 0 Å². The molecule has 24 heavy (non-hydrogen) atoms. The van der Waals surface area contributed by atoms with E-state index < -0.39 is 32.5 Å². The predicted octanol–water partition coefficient (Wildman–Crippen LogP) is 3.03. The quantitative estimate of drug-likeness (QED) is 0.764. The molecule has 0 aliphatic carbocycles. The molecule has 9 heteroatoms. The number of halogens is 2. The number of hydrogen-bond acceptors (Lipinski definition) is 5. The highest BCUT2D eigenvalue weighted by atomic mass is 35.5. The molecule has 0 atom stereocenters. The number of carbonyl (C=O) groups is 1. The van der Waals surface area contributed by atoms with Crippen molar-refractivity contribution in [3.8, 4) is 0 Å². The highest BCUT2D eigenvalue weighted by Gasteiger charge is 2.26. The van der Waals surface area contributed by atoms with E-state index in [0.29, 0.717) is 11.1 Å². The highest BCUT2D eigenvalue weighted by molar-refractivity contribution is 7.91. The van der Waals surface area contributed by atoms with E-state index in [0.717, 1.165) is 6.07 Å². The van der Waals surface area contributed by atoms with Crippen LogP contribution in [-0.2, 0) is 14.6 Å². The van der Waals surface area contributed by atoms with Gasteiger partial charge in [-0.1, -0.05) is 23.7 Å². The lowest BCUT2D eigenvalue weighted by atomic mass is 10.3. The summed E-state index contributed by atoms with van der Waals surface area (Å²) in [5, 5.41) is 1.77. The summed E-state index contributed by atoms with van der Waals surface area (Å²) in [5.41, 5.74) is 0.484. The minimum Gasteiger partial charge on any atom is -0.428 e. The number of nitrogens with zero attached hydrogens (tertiary/aromatic N) is 1. The number of amides is 1. The van der Waals surface area contributed by atoms with E-state index in [4.69, 9.17) is 16.0 Å². The second-order valence-electron chi connectivity index (χ2n) is 4.88. The first-order valence-electron chi connectivity index (χ1n) is 6.68. The Labute approximate surface area is 141 Å². The molecular formula is C15H10ClFN2O4S. The summed E-state index contributed by atoms with van der Waals surface area (Å²) in [6.45, 7) is 0. The normalized spacial score (nSPS) is 11.6. The summed E-state index contributed by atoms with van der Waals surface area (Å²) in [4.78, 5) is 15.7. The van der Waals surface area contributed by atoms with Gasteiger partial charge in [-0.2, -0.15) is 4.98 Å². The van der Waals surface area contributed by atoms with E-state index >= 15 is 0 Å². The second kappa shape index (κ2) is 6.21. The summed E-state index contributed by atoms with van der Waals surface area (Å²) in [5.74, 6) is -2.62. The maximum absolute atomic E-state index is 13.6. The van der Waals surface area contributed by atoms with Gasteiger partial charge in [-0.25, -0.2) is 12.8 Å². The first kappa shape index (κ1) is 16.4. The number of hydrogen-bond donors (Lipinski definition) is 1. The van der Waals surface area contributed by atoms with E-state index in [2.05, 4.69) is 10.3 Å². The lowest BCUT2D eigenvalue weighted by Gasteiger charge is -2.06. The summed E-state index contributed by atoms with van der Waals surface area (Å²) < 4.78 is 43.2. The summed E-state index contributed by atoms with van der Waals surface area (Å²) >= 11 is 5.61. The molecule has 0 spiro atoms. The minimum atomic E-state index is -4.10. The van der Waals surface area contributed by atoms with Crippen molar-refractivity contribution < 1.29 is 22.0 Å². The molecule has 1 heterocycles. The van der Waals surface area contributed by atoms with E-state index in [1.54, 1.807) is 24.3 Å². The number of para-hydroxylation sites is 2. The number of benzene rings is 2. The van der Waals surface area contributed by atoms with Crippen LogP contribution in [0.25, 0.3) is 11.1 Å². The molecule has 3 rings (SSSR count). The zero-order chi connectivity index (χ0) is 17.3. The van der Waals surface area contributed by atoms with Gasteiger partial charge in [-0.15, -0.1) is 0 Å². The third kappa shape index (κ3) is 3.39. The van der Waals surface area contributed by atoms with E-state index in [1.807, 2.05) is 0 Å². The summed E-state index contributed by atoms with van der Waals surface area (Å²) in [6, 6.07) is 10.1. The second-order valence-corrected chi connectivity index (χ2v) is 7.18. The van der Waals surface area contributed by atoms with Crippen LogP contribution in [0.3, 0.4) is 0 Å². The Morgan fingerprint density at radius 3 is 2.71 bits per heavy atom. The van der Waals surface area contributed by atoms with Gasteiger partial charge in [0.05, 0.1) is 5.69 Å². The number of oxazole rings is 1. The number of carbonyl (C=O) groups excluding carboxylic acids is 1. The topological polar surface area (TPSA) is 89.3 Å². The molecule has 0 bridgehead atoms. The fourth-order valence-corrected chi connectivity index (χ4v) is 3.15. The van der Waals surface area contributed by atoms with Crippen LogP contribution >= 0.6 is 11.6 Å².